The standard InChI is InChI=1S/C18H20N2O3/c1-12-16(19-18(22)23-12)17(21)20(2)11-10-14-8-5-7-13-6-3-4-9-15(13)14/h3-9,12,16H,10-11H2,1-2H3,(H,19,22). The largest absolute Gasteiger partial charge is 0.444 e. The number of nitrogens with one attached hydrogen (secondary N) is 1. The molecule has 5 nitrogen and oxygen atoms in total. The molecular weight excluding hydrogens is 292 g/mol. The third kappa shape index (κ3) is 3.13. The van der Waals surface area contributed by atoms with Gasteiger partial charge in [-0.3, -0.25) is 4.79 Å². The maximum Gasteiger partial charge on any atom is 0.408 e. The molecule has 23 heavy (non-hydrogen) atoms. The van der Waals surface area contributed by atoms with Crippen LogP contribution in [0.1, 0.15) is 12.5 Å². The minimum Gasteiger partial charge on any atom is -0.444 e. The van der Waals surface area contributed by atoms with Gasteiger partial charge in [0.1, 0.15) is 12.1 Å². The van der Waals surface area contributed by atoms with E-state index in [1.54, 1.807) is 18.9 Å². The molecule has 120 valence electrons. The van der Waals surface area contributed by atoms with Crippen LogP contribution in [0.25, 0.3) is 10.8 Å². The fraction of sp³-hybridized carbons (Fsp3) is 0.333. The van der Waals surface area contributed by atoms with Gasteiger partial charge in [-0.05, 0) is 29.7 Å². The molecule has 2 unspecified atom stereocenters. The molecule has 2 aromatic rings. The number of ether oxygens (including phenoxy) is 1. The zero-order valence-corrected chi connectivity index (χ0v) is 13.3. The molecule has 1 aliphatic heterocycles. The summed E-state index contributed by atoms with van der Waals surface area (Å²) >= 11 is 0. The van der Waals surface area contributed by atoms with E-state index in [1.165, 1.54) is 16.3 Å². The number of cyclic esters (lactones) is 1. The highest BCUT2D eigenvalue weighted by Gasteiger charge is 2.37. The van der Waals surface area contributed by atoms with Crippen LogP contribution in [0.5, 0.6) is 0 Å². The van der Waals surface area contributed by atoms with Crippen molar-refractivity contribution in [2.75, 3.05) is 13.6 Å². The number of fused-ring (bicyclic) bond motifs is 1. The van der Waals surface area contributed by atoms with Crippen molar-refractivity contribution < 1.29 is 14.3 Å². The number of hydrogen-bond donors (Lipinski definition) is 1. The van der Waals surface area contributed by atoms with Gasteiger partial charge in [-0.25, -0.2) is 4.79 Å². The van der Waals surface area contributed by atoms with Gasteiger partial charge >= 0.3 is 6.09 Å². The summed E-state index contributed by atoms with van der Waals surface area (Å²) in [6.45, 7) is 2.31. The van der Waals surface area contributed by atoms with Crippen LogP contribution < -0.4 is 5.32 Å². The smallest absolute Gasteiger partial charge is 0.408 e. The molecule has 5 heteroatoms. The predicted molar refractivity (Wildman–Crippen MR) is 88.2 cm³/mol. The fourth-order valence-electron chi connectivity index (χ4n) is 2.92. The number of hydrogen-bond acceptors (Lipinski definition) is 3. The first-order valence-electron chi connectivity index (χ1n) is 7.75. The maximum atomic E-state index is 12.4. The van der Waals surface area contributed by atoms with E-state index in [0.717, 1.165) is 6.42 Å². The summed E-state index contributed by atoms with van der Waals surface area (Å²) < 4.78 is 4.97. The molecule has 3 rings (SSSR count). The Kier molecular flexibility index (Phi) is 4.19. The Morgan fingerprint density at radius 3 is 2.70 bits per heavy atom. The molecule has 2 aromatic carbocycles. The summed E-state index contributed by atoms with van der Waals surface area (Å²) in [5.74, 6) is -0.122. The van der Waals surface area contributed by atoms with Gasteiger partial charge in [-0.2, -0.15) is 0 Å². The molecule has 1 fully saturated rings. The number of carbonyl (C=O) groups is 2. The summed E-state index contributed by atoms with van der Waals surface area (Å²) in [7, 11) is 1.75. The Balaban J connectivity index is 1.67. The van der Waals surface area contributed by atoms with Gasteiger partial charge in [0.2, 0.25) is 5.91 Å². The molecule has 1 heterocycles. The van der Waals surface area contributed by atoms with E-state index in [4.69, 9.17) is 4.74 Å². The molecule has 0 bridgehead atoms. The molecule has 0 saturated carbocycles. The van der Waals surface area contributed by atoms with Gasteiger partial charge in [-0.1, -0.05) is 42.5 Å². The lowest BCUT2D eigenvalue weighted by Crippen LogP contribution is -2.47. The molecule has 0 aromatic heterocycles. The number of likely N-dealkylation sites (N-methyl/N-ethyl adjacent to an activating group) is 1. The van der Waals surface area contributed by atoms with Gasteiger partial charge in [0.05, 0.1) is 0 Å². The summed E-state index contributed by atoms with van der Waals surface area (Å²) in [5, 5.41) is 4.97. The van der Waals surface area contributed by atoms with Gasteiger partial charge < -0.3 is 15.0 Å². The number of rotatable bonds is 4. The molecule has 1 saturated heterocycles. The van der Waals surface area contributed by atoms with Crippen LogP contribution in [0.3, 0.4) is 0 Å². The van der Waals surface area contributed by atoms with Crippen molar-refractivity contribution in [3.8, 4) is 0 Å². The van der Waals surface area contributed by atoms with Crippen LogP contribution in [0.4, 0.5) is 4.79 Å². The molecule has 0 spiro atoms. The Labute approximate surface area is 135 Å². The Hall–Kier alpha value is -2.56. The highest BCUT2D eigenvalue weighted by molar-refractivity contribution is 5.88. The molecule has 2 atom stereocenters. The highest BCUT2D eigenvalue weighted by Crippen LogP contribution is 2.19. The van der Waals surface area contributed by atoms with Crippen molar-refractivity contribution in [2.24, 2.45) is 0 Å². The quantitative estimate of drug-likeness (QED) is 0.942. The van der Waals surface area contributed by atoms with Crippen LogP contribution in [-0.2, 0) is 16.0 Å². The first kappa shape index (κ1) is 15.3. The lowest BCUT2D eigenvalue weighted by Gasteiger charge is -2.22. The minimum atomic E-state index is -0.597. The number of benzene rings is 2. The van der Waals surface area contributed by atoms with E-state index < -0.39 is 18.2 Å². The molecular formula is C18H20N2O3. The van der Waals surface area contributed by atoms with Crippen molar-refractivity contribution in [3.63, 3.8) is 0 Å². The molecule has 1 aliphatic rings. The first-order chi connectivity index (χ1) is 11.1. The molecule has 2 amide bonds. The van der Waals surface area contributed by atoms with Crippen LogP contribution in [-0.4, -0.2) is 42.6 Å². The van der Waals surface area contributed by atoms with Gasteiger partial charge in [0.25, 0.3) is 0 Å². The second kappa shape index (κ2) is 6.28. The number of nitrogens with zero attached hydrogens (tertiary/aromatic N) is 1. The first-order valence-corrected chi connectivity index (χ1v) is 7.75. The summed E-state index contributed by atoms with van der Waals surface area (Å²) in [6, 6.07) is 13.8. The summed E-state index contributed by atoms with van der Waals surface area (Å²) in [5.41, 5.74) is 1.21. The van der Waals surface area contributed by atoms with Gasteiger partial charge in [-0.15, -0.1) is 0 Å². The topological polar surface area (TPSA) is 58.6 Å². The van der Waals surface area contributed by atoms with E-state index in [0.29, 0.717) is 6.54 Å². The normalized spacial score (nSPS) is 20.2. The fourth-order valence-corrected chi connectivity index (χ4v) is 2.92. The SMILES string of the molecule is CC1OC(=O)NC1C(=O)N(C)CCc1cccc2ccccc12. The van der Waals surface area contributed by atoms with E-state index >= 15 is 0 Å². The third-order valence-electron chi connectivity index (χ3n) is 4.27. The number of alkyl carbamates (subject to hydrolysis) is 1. The monoisotopic (exact) mass is 312 g/mol. The average Bonchev–Trinajstić information content (AvgIpc) is 2.90. The van der Waals surface area contributed by atoms with Crippen LogP contribution in [0.15, 0.2) is 42.5 Å². The van der Waals surface area contributed by atoms with E-state index in [9.17, 15) is 9.59 Å². The van der Waals surface area contributed by atoms with Crippen molar-refractivity contribution in [3.05, 3.63) is 48.0 Å². The summed E-state index contributed by atoms with van der Waals surface area (Å²) in [4.78, 5) is 25.3. The minimum absolute atomic E-state index is 0.122. The zero-order valence-electron chi connectivity index (χ0n) is 13.3. The van der Waals surface area contributed by atoms with E-state index in [2.05, 4.69) is 29.6 Å². The van der Waals surface area contributed by atoms with Crippen LogP contribution >= 0.6 is 0 Å². The van der Waals surface area contributed by atoms with Crippen molar-refractivity contribution in [1.29, 1.82) is 0 Å². The van der Waals surface area contributed by atoms with Gasteiger partial charge in [0, 0.05) is 13.6 Å². The molecule has 0 radical (unpaired) electrons. The van der Waals surface area contributed by atoms with Crippen molar-refractivity contribution >= 4 is 22.8 Å². The summed E-state index contributed by atoms with van der Waals surface area (Å²) in [6.07, 6.45) is -0.201. The third-order valence-corrected chi connectivity index (χ3v) is 4.27. The van der Waals surface area contributed by atoms with Crippen LogP contribution in [0, 0.1) is 0 Å². The second-order valence-electron chi connectivity index (χ2n) is 5.88. The Bertz CT molecular complexity index is 739. The lowest BCUT2D eigenvalue weighted by atomic mass is 10.0. The van der Waals surface area contributed by atoms with Gasteiger partial charge in [0.15, 0.2) is 0 Å². The van der Waals surface area contributed by atoms with E-state index in [-0.39, 0.29) is 5.91 Å². The van der Waals surface area contributed by atoms with Crippen LogP contribution in [0.2, 0.25) is 0 Å². The van der Waals surface area contributed by atoms with E-state index in [1.807, 2.05) is 18.2 Å². The maximum absolute atomic E-state index is 12.4. The lowest BCUT2D eigenvalue weighted by molar-refractivity contribution is -0.132. The second-order valence-corrected chi connectivity index (χ2v) is 5.88. The van der Waals surface area contributed by atoms with Crippen molar-refractivity contribution in [2.45, 2.75) is 25.5 Å². The Morgan fingerprint density at radius 1 is 1.22 bits per heavy atom. The number of carbonyl (C=O) groups excluding carboxylic acids is 2. The predicted octanol–water partition coefficient (Wildman–Crippen LogP) is 2.34. The zero-order chi connectivity index (χ0) is 16.4. The number of amides is 2. The average molecular weight is 312 g/mol. The Morgan fingerprint density at radius 2 is 1.96 bits per heavy atom. The highest BCUT2D eigenvalue weighted by atomic mass is 16.6. The molecule has 0 aliphatic carbocycles. The molecule has 1 N–H and O–H groups in total. The van der Waals surface area contributed by atoms with Crippen molar-refractivity contribution in [1.82, 2.24) is 10.2 Å².